The fourth-order valence-corrected chi connectivity index (χ4v) is 2.07. The normalized spacial score (nSPS) is 11.8. The summed E-state index contributed by atoms with van der Waals surface area (Å²) in [4.78, 5) is 16.2. The van der Waals surface area contributed by atoms with Crippen LogP contribution in [0.5, 0.6) is 5.75 Å². The van der Waals surface area contributed by atoms with E-state index >= 15 is 0 Å². The van der Waals surface area contributed by atoms with Crippen LogP contribution in [0.3, 0.4) is 0 Å². The molecule has 0 saturated heterocycles. The van der Waals surface area contributed by atoms with E-state index in [0.717, 1.165) is 5.56 Å². The second kappa shape index (κ2) is 6.39. The summed E-state index contributed by atoms with van der Waals surface area (Å²) in [5.74, 6) is 0.176. The second-order valence-corrected chi connectivity index (χ2v) is 4.89. The monoisotopic (exact) mass is 290 g/mol. The van der Waals surface area contributed by atoms with Gasteiger partial charge < -0.3 is 10.1 Å². The number of rotatable bonds is 4. The van der Waals surface area contributed by atoms with Crippen molar-refractivity contribution in [3.05, 3.63) is 53.9 Å². The lowest BCUT2D eigenvalue weighted by molar-refractivity contribution is 0.102. The molecule has 104 valence electrons. The first kappa shape index (κ1) is 14.3. The fraction of sp³-hybridized carbons (Fsp3) is 0.200. The molecule has 0 aliphatic heterocycles. The van der Waals surface area contributed by atoms with E-state index in [4.69, 9.17) is 16.3 Å². The van der Waals surface area contributed by atoms with Gasteiger partial charge in [0.1, 0.15) is 5.75 Å². The number of amides is 1. The molecule has 4 nitrogen and oxygen atoms in total. The average molecular weight is 291 g/mol. The van der Waals surface area contributed by atoms with Crippen molar-refractivity contribution in [2.75, 3.05) is 12.4 Å². The highest BCUT2D eigenvalue weighted by molar-refractivity contribution is 6.21. The predicted octanol–water partition coefficient (Wildman–Crippen LogP) is 3.64. The topological polar surface area (TPSA) is 51.2 Å². The zero-order valence-electron chi connectivity index (χ0n) is 11.3. The molecule has 0 spiro atoms. The van der Waals surface area contributed by atoms with Crippen LogP contribution in [-0.4, -0.2) is 18.0 Å². The number of benzene rings is 1. The number of carbonyl (C=O) groups is 1. The quantitative estimate of drug-likeness (QED) is 0.875. The van der Waals surface area contributed by atoms with Gasteiger partial charge in [-0.15, -0.1) is 11.6 Å². The van der Waals surface area contributed by atoms with Crippen LogP contribution in [0.15, 0.2) is 42.7 Å². The van der Waals surface area contributed by atoms with Gasteiger partial charge in [0, 0.05) is 11.9 Å². The molecule has 1 aromatic carbocycles. The van der Waals surface area contributed by atoms with E-state index in [0.29, 0.717) is 17.0 Å². The van der Waals surface area contributed by atoms with E-state index in [1.165, 1.54) is 13.3 Å². The Labute approximate surface area is 122 Å². The van der Waals surface area contributed by atoms with Crippen LogP contribution in [-0.2, 0) is 0 Å². The summed E-state index contributed by atoms with van der Waals surface area (Å²) in [6.45, 7) is 1.86. The molecular weight excluding hydrogens is 276 g/mol. The minimum Gasteiger partial charge on any atom is -0.494 e. The van der Waals surface area contributed by atoms with Gasteiger partial charge in [-0.05, 0) is 24.6 Å². The maximum atomic E-state index is 12.3. The summed E-state index contributed by atoms with van der Waals surface area (Å²) in [7, 11) is 1.50. The molecule has 1 unspecified atom stereocenters. The Hall–Kier alpha value is -2.07. The number of halogens is 1. The van der Waals surface area contributed by atoms with Crippen molar-refractivity contribution in [1.82, 2.24) is 4.98 Å². The minimum absolute atomic E-state index is 0.189. The van der Waals surface area contributed by atoms with Crippen molar-refractivity contribution in [3.8, 4) is 5.75 Å². The van der Waals surface area contributed by atoms with E-state index in [1.54, 1.807) is 12.3 Å². The largest absolute Gasteiger partial charge is 0.494 e. The number of ether oxygens (including phenoxy) is 1. The third-order valence-corrected chi connectivity index (χ3v) is 3.12. The van der Waals surface area contributed by atoms with Gasteiger partial charge in [-0.2, -0.15) is 0 Å². The van der Waals surface area contributed by atoms with Crippen molar-refractivity contribution >= 4 is 23.2 Å². The van der Waals surface area contributed by atoms with E-state index in [2.05, 4.69) is 10.3 Å². The number of aromatic nitrogens is 1. The molecule has 20 heavy (non-hydrogen) atoms. The van der Waals surface area contributed by atoms with Crippen LogP contribution in [0.4, 0.5) is 5.69 Å². The Morgan fingerprint density at radius 3 is 2.80 bits per heavy atom. The summed E-state index contributed by atoms with van der Waals surface area (Å²) < 4.78 is 5.13. The van der Waals surface area contributed by atoms with Gasteiger partial charge in [0.05, 0.1) is 24.2 Å². The zero-order valence-corrected chi connectivity index (χ0v) is 12.0. The summed E-state index contributed by atoms with van der Waals surface area (Å²) in [6.07, 6.45) is 3.05. The standard InChI is InChI=1S/C15H15ClN2O2/c1-10(16)11-5-3-4-6-13(11)18-15(19)12-7-8-17-9-14(12)20-2/h3-10H,1-2H3,(H,18,19). The Morgan fingerprint density at radius 2 is 2.10 bits per heavy atom. The van der Waals surface area contributed by atoms with Crippen LogP contribution >= 0.6 is 11.6 Å². The summed E-state index contributed by atoms with van der Waals surface area (Å²) >= 11 is 6.11. The smallest absolute Gasteiger partial charge is 0.259 e. The molecular formula is C15H15ClN2O2. The number of nitrogens with one attached hydrogen (secondary N) is 1. The van der Waals surface area contributed by atoms with Crippen molar-refractivity contribution in [2.45, 2.75) is 12.3 Å². The molecule has 5 heteroatoms. The lowest BCUT2D eigenvalue weighted by atomic mass is 10.1. The first-order valence-electron chi connectivity index (χ1n) is 6.16. The lowest BCUT2D eigenvalue weighted by Crippen LogP contribution is -2.14. The summed E-state index contributed by atoms with van der Waals surface area (Å²) in [5.41, 5.74) is 1.99. The molecule has 1 N–H and O–H groups in total. The molecule has 1 amide bonds. The number of anilines is 1. The Morgan fingerprint density at radius 1 is 1.35 bits per heavy atom. The van der Waals surface area contributed by atoms with Gasteiger partial charge >= 0.3 is 0 Å². The first-order valence-corrected chi connectivity index (χ1v) is 6.59. The third-order valence-electron chi connectivity index (χ3n) is 2.89. The highest BCUT2D eigenvalue weighted by Gasteiger charge is 2.15. The van der Waals surface area contributed by atoms with Gasteiger partial charge in [0.15, 0.2) is 0 Å². The van der Waals surface area contributed by atoms with Gasteiger partial charge in [0.25, 0.3) is 5.91 Å². The predicted molar refractivity (Wildman–Crippen MR) is 79.5 cm³/mol. The van der Waals surface area contributed by atoms with E-state index in [9.17, 15) is 4.79 Å². The summed E-state index contributed by atoms with van der Waals surface area (Å²) in [5, 5.41) is 2.66. The first-order chi connectivity index (χ1) is 9.63. The number of alkyl halides is 1. The second-order valence-electron chi connectivity index (χ2n) is 4.23. The average Bonchev–Trinajstić information content (AvgIpc) is 2.47. The molecule has 0 radical (unpaired) electrons. The highest BCUT2D eigenvalue weighted by Crippen LogP contribution is 2.28. The van der Waals surface area contributed by atoms with Crippen LogP contribution < -0.4 is 10.1 Å². The van der Waals surface area contributed by atoms with Crippen LogP contribution in [0.1, 0.15) is 28.2 Å². The molecule has 0 bridgehead atoms. The fourth-order valence-electron chi connectivity index (χ4n) is 1.88. The van der Waals surface area contributed by atoms with Crippen molar-refractivity contribution in [1.29, 1.82) is 0 Å². The molecule has 1 aromatic heterocycles. The maximum absolute atomic E-state index is 12.3. The van der Waals surface area contributed by atoms with E-state index in [1.807, 2.05) is 31.2 Å². The van der Waals surface area contributed by atoms with Gasteiger partial charge in [-0.3, -0.25) is 9.78 Å². The van der Waals surface area contributed by atoms with Gasteiger partial charge in [-0.1, -0.05) is 18.2 Å². The number of pyridine rings is 1. The minimum atomic E-state index is -0.256. The number of nitrogens with zero attached hydrogens (tertiary/aromatic N) is 1. The number of methoxy groups -OCH3 is 1. The number of hydrogen-bond donors (Lipinski definition) is 1. The van der Waals surface area contributed by atoms with Crippen LogP contribution in [0.2, 0.25) is 0 Å². The molecule has 2 rings (SSSR count). The molecule has 0 aliphatic rings. The van der Waals surface area contributed by atoms with Gasteiger partial charge in [0.2, 0.25) is 0 Å². The Kier molecular flexibility index (Phi) is 4.58. The van der Waals surface area contributed by atoms with Crippen molar-refractivity contribution in [2.24, 2.45) is 0 Å². The molecule has 1 atom stereocenters. The Balaban J connectivity index is 2.28. The van der Waals surface area contributed by atoms with Crippen molar-refractivity contribution < 1.29 is 9.53 Å². The highest BCUT2D eigenvalue weighted by atomic mass is 35.5. The molecule has 2 aromatic rings. The van der Waals surface area contributed by atoms with Crippen LogP contribution in [0.25, 0.3) is 0 Å². The number of carbonyl (C=O) groups excluding carboxylic acids is 1. The SMILES string of the molecule is COc1cnccc1C(=O)Nc1ccccc1C(C)Cl. The van der Waals surface area contributed by atoms with E-state index in [-0.39, 0.29) is 11.3 Å². The van der Waals surface area contributed by atoms with Gasteiger partial charge in [-0.25, -0.2) is 0 Å². The van der Waals surface area contributed by atoms with E-state index < -0.39 is 0 Å². The van der Waals surface area contributed by atoms with Crippen LogP contribution in [0, 0.1) is 0 Å². The zero-order chi connectivity index (χ0) is 14.5. The third kappa shape index (κ3) is 3.08. The molecule has 0 fully saturated rings. The Bertz CT molecular complexity index is 614. The molecule has 0 saturated carbocycles. The molecule has 1 heterocycles. The maximum Gasteiger partial charge on any atom is 0.259 e. The lowest BCUT2D eigenvalue weighted by Gasteiger charge is -2.13. The van der Waals surface area contributed by atoms with Crippen molar-refractivity contribution in [3.63, 3.8) is 0 Å². The number of hydrogen-bond acceptors (Lipinski definition) is 3. The number of para-hydroxylation sites is 1. The summed E-state index contributed by atoms with van der Waals surface area (Å²) in [6, 6.07) is 9.05. The molecule has 0 aliphatic carbocycles.